The Balaban J connectivity index is 3.16. The number of hydrogen-bond donors (Lipinski definition) is 0. The van der Waals surface area contributed by atoms with E-state index in [4.69, 9.17) is 4.74 Å². The highest BCUT2D eigenvalue weighted by Gasteiger charge is 2.33. The lowest BCUT2D eigenvalue weighted by atomic mass is 10.0. The second-order valence-electron chi connectivity index (χ2n) is 3.09. The van der Waals surface area contributed by atoms with Gasteiger partial charge in [-0.1, -0.05) is 17.7 Å². The van der Waals surface area contributed by atoms with Crippen molar-refractivity contribution in [3.05, 3.63) is 34.9 Å². The summed E-state index contributed by atoms with van der Waals surface area (Å²) in [5, 5.41) is 0. The number of ether oxygens (including phenoxy) is 1. The summed E-state index contributed by atoms with van der Waals surface area (Å²) in [6.07, 6.45) is -4.31. The Morgan fingerprint density at radius 2 is 1.93 bits per heavy atom. The maximum atomic E-state index is 12.5. The summed E-state index contributed by atoms with van der Waals surface area (Å²) >= 11 is 0. The summed E-state index contributed by atoms with van der Waals surface area (Å²) in [6, 6.07) is 4.22. The molecule has 4 heteroatoms. The van der Waals surface area contributed by atoms with Gasteiger partial charge in [0.15, 0.2) is 0 Å². The normalized spacial score (nSPS) is 11.8. The molecule has 0 amide bonds. The predicted octanol–water partition coefficient (Wildman–Crippen LogP) is 3.16. The Hall–Kier alpha value is -1.03. The van der Waals surface area contributed by atoms with Gasteiger partial charge in [0.25, 0.3) is 0 Å². The first-order chi connectivity index (χ1) is 6.45. The van der Waals surface area contributed by atoms with Crippen LogP contribution in [0.3, 0.4) is 0 Å². The average Bonchev–Trinajstić information content (AvgIpc) is 2.07. The summed E-state index contributed by atoms with van der Waals surface area (Å²) in [5.74, 6) is 0. The molecule has 1 rings (SSSR count). The Kier molecular flexibility index (Phi) is 3.16. The van der Waals surface area contributed by atoms with Crippen LogP contribution in [0.2, 0.25) is 0 Å². The number of rotatable bonds is 2. The molecule has 0 N–H and O–H groups in total. The Bertz CT molecular complexity index is 318. The van der Waals surface area contributed by atoms with E-state index in [1.807, 2.05) is 0 Å². The van der Waals surface area contributed by atoms with Gasteiger partial charge >= 0.3 is 6.18 Å². The van der Waals surface area contributed by atoms with Crippen LogP contribution in [0.5, 0.6) is 0 Å². The molecule has 0 bridgehead atoms. The molecular formula is C10H11F3O. The lowest BCUT2D eigenvalue weighted by Crippen LogP contribution is -2.10. The van der Waals surface area contributed by atoms with Crippen LogP contribution in [0.15, 0.2) is 18.2 Å². The van der Waals surface area contributed by atoms with Crippen LogP contribution in [-0.4, -0.2) is 7.11 Å². The Morgan fingerprint density at radius 3 is 2.43 bits per heavy atom. The molecule has 1 aromatic rings. The third kappa shape index (κ3) is 2.48. The van der Waals surface area contributed by atoms with E-state index in [0.717, 1.165) is 6.07 Å². The van der Waals surface area contributed by atoms with Gasteiger partial charge in [-0.05, 0) is 18.6 Å². The fourth-order valence-corrected chi connectivity index (χ4v) is 1.24. The molecule has 0 heterocycles. The van der Waals surface area contributed by atoms with Gasteiger partial charge < -0.3 is 4.74 Å². The highest BCUT2D eigenvalue weighted by Crippen LogP contribution is 2.32. The molecule has 0 saturated carbocycles. The van der Waals surface area contributed by atoms with Crippen molar-refractivity contribution in [3.8, 4) is 0 Å². The highest BCUT2D eigenvalue weighted by atomic mass is 19.4. The minimum absolute atomic E-state index is 0.0187. The van der Waals surface area contributed by atoms with Gasteiger partial charge in [-0.15, -0.1) is 0 Å². The molecule has 0 fully saturated rings. The standard InChI is InChI=1S/C10H11F3O/c1-7-3-4-8(6-14-2)9(5-7)10(11,12)13/h3-5H,6H2,1-2H3. The first-order valence-electron chi connectivity index (χ1n) is 4.11. The van der Waals surface area contributed by atoms with Crippen molar-refractivity contribution in [1.82, 2.24) is 0 Å². The van der Waals surface area contributed by atoms with E-state index in [1.165, 1.54) is 13.2 Å². The number of benzene rings is 1. The quantitative estimate of drug-likeness (QED) is 0.719. The topological polar surface area (TPSA) is 9.23 Å². The van der Waals surface area contributed by atoms with E-state index in [1.54, 1.807) is 13.0 Å². The summed E-state index contributed by atoms with van der Waals surface area (Å²) in [7, 11) is 1.38. The van der Waals surface area contributed by atoms with Crippen molar-refractivity contribution in [2.45, 2.75) is 19.7 Å². The summed E-state index contributed by atoms with van der Waals surface area (Å²) in [4.78, 5) is 0. The van der Waals surface area contributed by atoms with Gasteiger partial charge in [0.05, 0.1) is 12.2 Å². The number of methoxy groups -OCH3 is 1. The van der Waals surface area contributed by atoms with Crippen LogP contribution in [0.25, 0.3) is 0 Å². The third-order valence-electron chi connectivity index (χ3n) is 1.87. The zero-order chi connectivity index (χ0) is 10.8. The molecule has 0 aliphatic carbocycles. The predicted molar refractivity (Wildman–Crippen MR) is 46.9 cm³/mol. The molecule has 1 nitrogen and oxygen atoms in total. The largest absolute Gasteiger partial charge is 0.416 e. The summed E-state index contributed by atoms with van der Waals surface area (Å²) in [5.41, 5.74) is 0.155. The van der Waals surface area contributed by atoms with Crippen LogP contribution in [-0.2, 0) is 17.5 Å². The number of alkyl halides is 3. The molecule has 0 unspecified atom stereocenters. The molecule has 0 saturated heterocycles. The number of aryl methyl sites for hydroxylation is 1. The number of hydrogen-bond acceptors (Lipinski definition) is 1. The fraction of sp³-hybridized carbons (Fsp3) is 0.400. The van der Waals surface area contributed by atoms with Crippen LogP contribution >= 0.6 is 0 Å². The fourth-order valence-electron chi connectivity index (χ4n) is 1.24. The van der Waals surface area contributed by atoms with Gasteiger partial charge in [0.1, 0.15) is 0 Å². The highest BCUT2D eigenvalue weighted by molar-refractivity contribution is 5.33. The van der Waals surface area contributed by atoms with Crippen molar-refractivity contribution in [2.24, 2.45) is 0 Å². The Morgan fingerprint density at radius 1 is 1.29 bits per heavy atom. The molecule has 1 aromatic carbocycles. The molecule has 0 spiro atoms. The van der Waals surface area contributed by atoms with E-state index >= 15 is 0 Å². The van der Waals surface area contributed by atoms with Crippen LogP contribution in [0, 0.1) is 6.92 Å². The van der Waals surface area contributed by atoms with Crippen molar-refractivity contribution >= 4 is 0 Å². The van der Waals surface area contributed by atoms with Gasteiger partial charge in [-0.2, -0.15) is 13.2 Å². The van der Waals surface area contributed by atoms with Gasteiger partial charge in [-0.25, -0.2) is 0 Å². The molecule has 0 atom stereocenters. The van der Waals surface area contributed by atoms with E-state index < -0.39 is 11.7 Å². The lowest BCUT2D eigenvalue weighted by molar-refractivity contribution is -0.138. The van der Waals surface area contributed by atoms with Gasteiger partial charge in [-0.3, -0.25) is 0 Å². The van der Waals surface area contributed by atoms with Gasteiger partial charge in [0.2, 0.25) is 0 Å². The minimum Gasteiger partial charge on any atom is -0.380 e. The lowest BCUT2D eigenvalue weighted by Gasteiger charge is -2.12. The zero-order valence-corrected chi connectivity index (χ0v) is 7.98. The summed E-state index contributed by atoms with van der Waals surface area (Å²) in [6.45, 7) is 1.61. The maximum absolute atomic E-state index is 12.5. The van der Waals surface area contributed by atoms with Crippen molar-refractivity contribution in [3.63, 3.8) is 0 Å². The zero-order valence-electron chi connectivity index (χ0n) is 7.98. The second kappa shape index (κ2) is 4.00. The first-order valence-corrected chi connectivity index (χ1v) is 4.11. The average molecular weight is 204 g/mol. The van der Waals surface area contributed by atoms with Crippen LogP contribution < -0.4 is 0 Å². The maximum Gasteiger partial charge on any atom is 0.416 e. The molecule has 14 heavy (non-hydrogen) atoms. The Labute approximate surface area is 80.5 Å². The SMILES string of the molecule is COCc1ccc(C)cc1C(F)(F)F. The van der Waals surface area contributed by atoms with Crippen LogP contribution in [0.4, 0.5) is 13.2 Å². The van der Waals surface area contributed by atoms with Crippen LogP contribution in [0.1, 0.15) is 16.7 Å². The molecule has 78 valence electrons. The molecule has 0 aliphatic rings. The number of halogens is 3. The van der Waals surface area contributed by atoms with E-state index in [0.29, 0.717) is 5.56 Å². The van der Waals surface area contributed by atoms with E-state index in [-0.39, 0.29) is 12.2 Å². The first kappa shape index (κ1) is 11.0. The van der Waals surface area contributed by atoms with Crippen molar-refractivity contribution in [1.29, 1.82) is 0 Å². The van der Waals surface area contributed by atoms with E-state index in [9.17, 15) is 13.2 Å². The monoisotopic (exact) mass is 204 g/mol. The molecule has 0 aliphatic heterocycles. The van der Waals surface area contributed by atoms with Crippen molar-refractivity contribution < 1.29 is 17.9 Å². The van der Waals surface area contributed by atoms with E-state index in [2.05, 4.69) is 0 Å². The second-order valence-corrected chi connectivity index (χ2v) is 3.09. The molecule has 0 aromatic heterocycles. The minimum atomic E-state index is -4.31. The van der Waals surface area contributed by atoms with Gasteiger partial charge in [0, 0.05) is 7.11 Å². The van der Waals surface area contributed by atoms with Crippen molar-refractivity contribution in [2.75, 3.05) is 7.11 Å². The molecule has 0 radical (unpaired) electrons. The third-order valence-corrected chi connectivity index (χ3v) is 1.87. The smallest absolute Gasteiger partial charge is 0.380 e. The summed E-state index contributed by atoms with van der Waals surface area (Å²) < 4.78 is 42.2. The molecular weight excluding hydrogens is 193 g/mol.